The first kappa shape index (κ1) is 10.0. The fourth-order valence-electron chi connectivity index (χ4n) is 1.06. The predicted molar refractivity (Wildman–Crippen MR) is 51.4 cm³/mol. The van der Waals surface area contributed by atoms with E-state index in [0.717, 1.165) is 17.6 Å². The van der Waals surface area contributed by atoms with E-state index in [1.54, 1.807) is 0 Å². The molecular weight excluding hydrogens is 134 g/mol. The molecule has 62 valence electrons. The molecule has 0 aliphatic rings. The Labute approximate surface area is 69.5 Å². The van der Waals surface area contributed by atoms with E-state index in [2.05, 4.69) is 25.4 Å². The zero-order valence-electron chi connectivity index (χ0n) is 7.70. The van der Waals surface area contributed by atoms with Gasteiger partial charge in [-0.05, 0) is 24.5 Å². The van der Waals surface area contributed by atoms with Crippen molar-refractivity contribution in [3.05, 3.63) is 36.1 Å². The highest BCUT2D eigenvalue weighted by Crippen LogP contribution is 2.13. The van der Waals surface area contributed by atoms with Crippen molar-refractivity contribution in [3.63, 3.8) is 0 Å². The van der Waals surface area contributed by atoms with E-state index in [9.17, 15) is 0 Å². The third-order valence-corrected chi connectivity index (χ3v) is 1.64. The molecule has 0 aromatic carbocycles. The molecule has 0 bridgehead atoms. The average Bonchev–Trinajstić information content (AvgIpc) is 1.99. The maximum absolute atomic E-state index is 3.87. The summed E-state index contributed by atoms with van der Waals surface area (Å²) in [4.78, 5) is 0. The van der Waals surface area contributed by atoms with Crippen LogP contribution < -0.4 is 5.32 Å². The SMILES string of the molecule is C=C/C(C(=C)C)=C(\CC)NC. The van der Waals surface area contributed by atoms with E-state index in [-0.39, 0.29) is 0 Å². The molecule has 0 saturated carbocycles. The van der Waals surface area contributed by atoms with Crippen LogP contribution >= 0.6 is 0 Å². The Morgan fingerprint density at radius 2 is 2.09 bits per heavy atom. The lowest BCUT2D eigenvalue weighted by Gasteiger charge is -2.09. The second kappa shape index (κ2) is 4.78. The van der Waals surface area contributed by atoms with Crippen molar-refractivity contribution in [2.24, 2.45) is 0 Å². The first-order chi connectivity index (χ1) is 5.17. The number of nitrogens with one attached hydrogen (secondary N) is 1. The van der Waals surface area contributed by atoms with Gasteiger partial charge in [-0.1, -0.05) is 26.2 Å². The lowest BCUT2D eigenvalue weighted by Crippen LogP contribution is -2.07. The van der Waals surface area contributed by atoms with Crippen LogP contribution in [0.1, 0.15) is 20.3 Å². The summed E-state index contributed by atoms with van der Waals surface area (Å²) in [7, 11) is 1.92. The molecule has 0 rings (SSSR count). The summed E-state index contributed by atoms with van der Waals surface area (Å²) in [5.74, 6) is 0. The third kappa shape index (κ3) is 2.62. The van der Waals surface area contributed by atoms with Crippen molar-refractivity contribution in [1.82, 2.24) is 5.32 Å². The zero-order valence-corrected chi connectivity index (χ0v) is 7.70. The van der Waals surface area contributed by atoms with Crippen LogP contribution in [0.5, 0.6) is 0 Å². The smallest absolute Gasteiger partial charge is 0.0177 e. The Morgan fingerprint density at radius 1 is 1.55 bits per heavy atom. The molecule has 0 radical (unpaired) electrons. The summed E-state index contributed by atoms with van der Waals surface area (Å²) in [6.07, 6.45) is 2.84. The van der Waals surface area contributed by atoms with Gasteiger partial charge in [-0.15, -0.1) is 0 Å². The van der Waals surface area contributed by atoms with Gasteiger partial charge in [-0.2, -0.15) is 0 Å². The maximum Gasteiger partial charge on any atom is 0.0177 e. The summed E-state index contributed by atoms with van der Waals surface area (Å²) >= 11 is 0. The summed E-state index contributed by atoms with van der Waals surface area (Å²) < 4.78 is 0. The minimum Gasteiger partial charge on any atom is -0.391 e. The number of hydrogen-bond donors (Lipinski definition) is 1. The third-order valence-electron chi connectivity index (χ3n) is 1.64. The molecule has 1 nitrogen and oxygen atoms in total. The predicted octanol–water partition coefficient (Wildman–Crippen LogP) is 2.63. The van der Waals surface area contributed by atoms with Gasteiger partial charge in [0.1, 0.15) is 0 Å². The van der Waals surface area contributed by atoms with E-state index in [1.807, 2.05) is 20.0 Å². The van der Waals surface area contributed by atoms with E-state index < -0.39 is 0 Å². The first-order valence-corrected chi connectivity index (χ1v) is 3.86. The highest BCUT2D eigenvalue weighted by Gasteiger charge is 1.99. The van der Waals surface area contributed by atoms with Gasteiger partial charge in [0.15, 0.2) is 0 Å². The molecule has 0 amide bonds. The Hall–Kier alpha value is -0.980. The van der Waals surface area contributed by atoms with Crippen molar-refractivity contribution in [1.29, 1.82) is 0 Å². The van der Waals surface area contributed by atoms with Gasteiger partial charge in [0, 0.05) is 12.7 Å². The normalized spacial score (nSPS) is 11.9. The van der Waals surface area contributed by atoms with Crippen molar-refractivity contribution < 1.29 is 0 Å². The van der Waals surface area contributed by atoms with Crippen molar-refractivity contribution in [3.8, 4) is 0 Å². The highest BCUT2D eigenvalue weighted by atomic mass is 14.8. The van der Waals surface area contributed by atoms with Crippen LogP contribution in [-0.2, 0) is 0 Å². The molecule has 0 aliphatic carbocycles. The van der Waals surface area contributed by atoms with Crippen molar-refractivity contribution in [2.45, 2.75) is 20.3 Å². The van der Waals surface area contributed by atoms with Crippen LogP contribution in [0, 0.1) is 0 Å². The van der Waals surface area contributed by atoms with Gasteiger partial charge < -0.3 is 5.32 Å². The molecule has 1 N–H and O–H groups in total. The van der Waals surface area contributed by atoms with Crippen LogP contribution in [0.15, 0.2) is 36.1 Å². The second-order valence-electron chi connectivity index (χ2n) is 2.48. The molecule has 1 heteroatoms. The molecule has 0 heterocycles. The van der Waals surface area contributed by atoms with Gasteiger partial charge in [0.2, 0.25) is 0 Å². The molecule has 0 spiro atoms. The van der Waals surface area contributed by atoms with Crippen molar-refractivity contribution in [2.75, 3.05) is 7.05 Å². The highest BCUT2D eigenvalue weighted by molar-refractivity contribution is 5.39. The minimum atomic E-state index is 0.991. The van der Waals surface area contributed by atoms with E-state index in [0.29, 0.717) is 0 Å². The fourth-order valence-corrected chi connectivity index (χ4v) is 1.06. The quantitative estimate of drug-likeness (QED) is 0.609. The Kier molecular flexibility index (Phi) is 4.35. The second-order valence-corrected chi connectivity index (χ2v) is 2.48. The van der Waals surface area contributed by atoms with Crippen LogP contribution in [0.4, 0.5) is 0 Å². The molecule has 0 fully saturated rings. The summed E-state index contributed by atoms with van der Waals surface area (Å²) in [5.41, 5.74) is 3.40. The molecule has 0 unspecified atom stereocenters. The van der Waals surface area contributed by atoms with Gasteiger partial charge in [0.05, 0.1) is 0 Å². The van der Waals surface area contributed by atoms with E-state index in [1.165, 1.54) is 5.70 Å². The van der Waals surface area contributed by atoms with Crippen LogP contribution in [0.3, 0.4) is 0 Å². The first-order valence-electron chi connectivity index (χ1n) is 3.86. The van der Waals surface area contributed by atoms with Crippen molar-refractivity contribution >= 4 is 0 Å². The molecule has 0 atom stereocenters. The summed E-state index contributed by atoms with van der Waals surface area (Å²) in [6, 6.07) is 0. The van der Waals surface area contributed by atoms with Crippen LogP contribution in [0.25, 0.3) is 0 Å². The fraction of sp³-hybridized carbons (Fsp3) is 0.400. The lowest BCUT2D eigenvalue weighted by molar-refractivity contribution is 0.886. The Balaban J connectivity index is 4.77. The topological polar surface area (TPSA) is 12.0 Å². The minimum absolute atomic E-state index is 0.991. The van der Waals surface area contributed by atoms with Gasteiger partial charge in [-0.3, -0.25) is 0 Å². The Morgan fingerprint density at radius 3 is 2.18 bits per heavy atom. The molecule has 0 aliphatic heterocycles. The van der Waals surface area contributed by atoms with Crippen LogP contribution in [0.2, 0.25) is 0 Å². The molecule has 0 saturated heterocycles. The largest absolute Gasteiger partial charge is 0.391 e. The molecule has 0 aromatic heterocycles. The number of rotatable bonds is 4. The molecular formula is C10H17N. The number of hydrogen-bond acceptors (Lipinski definition) is 1. The Bertz CT molecular complexity index is 181. The number of allylic oxidation sites excluding steroid dienone is 4. The monoisotopic (exact) mass is 151 g/mol. The van der Waals surface area contributed by atoms with Gasteiger partial charge in [-0.25, -0.2) is 0 Å². The van der Waals surface area contributed by atoms with Gasteiger partial charge >= 0.3 is 0 Å². The standard InChI is InChI=1S/C10H17N/c1-6-9(8(3)4)10(7-2)11-5/h6,11H,1,3,7H2,2,4-5H3/b10-9-. The molecule has 0 aromatic rings. The lowest BCUT2D eigenvalue weighted by atomic mass is 10.1. The average molecular weight is 151 g/mol. The van der Waals surface area contributed by atoms with E-state index in [4.69, 9.17) is 0 Å². The molecule has 11 heavy (non-hydrogen) atoms. The maximum atomic E-state index is 3.87. The van der Waals surface area contributed by atoms with Crippen LogP contribution in [-0.4, -0.2) is 7.05 Å². The summed E-state index contributed by atoms with van der Waals surface area (Å²) in [6.45, 7) is 11.7. The van der Waals surface area contributed by atoms with E-state index >= 15 is 0 Å². The van der Waals surface area contributed by atoms with Gasteiger partial charge in [0.25, 0.3) is 0 Å². The zero-order chi connectivity index (χ0) is 8.85. The summed E-state index contributed by atoms with van der Waals surface area (Å²) in [5, 5.41) is 3.13.